The van der Waals surface area contributed by atoms with Crippen LogP contribution in [-0.2, 0) is 5.67 Å². The van der Waals surface area contributed by atoms with E-state index >= 15 is 0 Å². The molecule has 1 aromatic heterocycles. The highest BCUT2D eigenvalue weighted by Crippen LogP contribution is 2.28. The third-order valence-electron chi connectivity index (χ3n) is 6.68. The van der Waals surface area contributed by atoms with E-state index in [1.807, 2.05) is 25.1 Å². The number of aryl methyl sites for hydroxylation is 1. The van der Waals surface area contributed by atoms with Crippen molar-refractivity contribution < 1.29 is 18.4 Å². The second kappa shape index (κ2) is 10.7. The molecule has 2 aliphatic rings. The van der Waals surface area contributed by atoms with Gasteiger partial charge in [0.1, 0.15) is 5.75 Å². The number of amides is 1. The maximum Gasteiger partial charge on any atom is 0.266 e. The van der Waals surface area contributed by atoms with Crippen LogP contribution >= 0.6 is 0 Å². The van der Waals surface area contributed by atoms with E-state index in [2.05, 4.69) is 25.7 Å². The molecule has 186 valence electrons. The van der Waals surface area contributed by atoms with Gasteiger partial charge in [0.25, 0.3) is 17.7 Å². The average molecular weight is 474 g/mol. The molecule has 1 amide bonds. The Bertz CT molecular complexity index is 960. The maximum atomic E-state index is 14.0. The molecule has 2 aromatic rings. The lowest BCUT2D eigenvalue weighted by atomic mass is 9.92. The summed E-state index contributed by atoms with van der Waals surface area (Å²) < 4.78 is 25.0. The van der Waals surface area contributed by atoms with Crippen molar-refractivity contribution in [3.8, 4) is 5.75 Å². The minimum Gasteiger partial charge on any atom is -0.494 e. The van der Waals surface area contributed by atoms with Crippen molar-refractivity contribution >= 4 is 11.9 Å². The number of aromatic nitrogens is 2. The third kappa shape index (κ3) is 6.25. The lowest BCUT2D eigenvalue weighted by Gasteiger charge is -2.30. The molecule has 34 heavy (non-hydrogen) atoms. The predicted molar refractivity (Wildman–Crippen MR) is 128 cm³/mol. The standard InChI is InChI=1S/C25H36FN5O3/c1-17-15-20(6-7-21(17)22(32)28-19-8-11-27-16-19)33-14-4-5-18-9-12-31(13-10-18)24-29-23(34-30-24)25(2,3)26/h6-7,15,18-19,27H,4-5,8-14,16H2,1-3H3,(H,28,32). The van der Waals surface area contributed by atoms with Gasteiger partial charge in [-0.25, -0.2) is 4.39 Å². The van der Waals surface area contributed by atoms with Crippen LogP contribution in [-0.4, -0.2) is 54.9 Å². The lowest BCUT2D eigenvalue weighted by molar-refractivity contribution is 0.0939. The summed E-state index contributed by atoms with van der Waals surface area (Å²) in [6.45, 7) is 8.91. The molecule has 0 bridgehead atoms. The zero-order valence-corrected chi connectivity index (χ0v) is 20.4. The first-order valence-electron chi connectivity index (χ1n) is 12.3. The highest BCUT2D eigenvalue weighted by Gasteiger charge is 2.29. The molecule has 9 heteroatoms. The number of carbonyl (C=O) groups excluding carboxylic acids is 1. The first kappa shape index (κ1) is 24.4. The topological polar surface area (TPSA) is 92.5 Å². The van der Waals surface area contributed by atoms with E-state index in [-0.39, 0.29) is 17.8 Å². The van der Waals surface area contributed by atoms with Crippen molar-refractivity contribution in [2.45, 2.75) is 64.6 Å². The van der Waals surface area contributed by atoms with Gasteiger partial charge in [0.2, 0.25) is 0 Å². The van der Waals surface area contributed by atoms with Gasteiger partial charge < -0.3 is 24.8 Å². The molecule has 2 fully saturated rings. The van der Waals surface area contributed by atoms with E-state index < -0.39 is 5.67 Å². The van der Waals surface area contributed by atoms with Gasteiger partial charge in [0, 0.05) is 31.2 Å². The molecular weight excluding hydrogens is 437 g/mol. The molecule has 4 rings (SSSR count). The molecule has 8 nitrogen and oxygen atoms in total. The Kier molecular flexibility index (Phi) is 7.70. The lowest BCUT2D eigenvalue weighted by Crippen LogP contribution is -2.36. The Hall–Kier alpha value is -2.68. The van der Waals surface area contributed by atoms with Gasteiger partial charge in [-0.15, -0.1) is 0 Å². The summed E-state index contributed by atoms with van der Waals surface area (Å²) >= 11 is 0. The second-order valence-corrected chi connectivity index (χ2v) is 9.93. The van der Waals surface area contributed by atoms with Crippen LogP contribution in [0.5, 0.6) is 5.75 Å². The summed E-state index contributed by atoms with van der Waals surface area (Å²) in [7, 11) is 0. The number of alkyl halides is 1. The molecule has 2 saturated heterocycles. The minimum atomic E-state index is -1.62. The molecule has 3 heterocycles. The smallest absolute Gasteiger partial charge is 0.266 e. The normalized spacial score (nSPS) is 19.4. The molecule has 2 aliphatic heterocycles. The average Bonchev–Trinajstić information content (AvgIpc) is 3.49. The van der Waals surface area contributed by atoms with E-state index in [1.165, 1.54) is 13.8 Å². The summed E-state index contributed by atoms with van der Waals surface area (Å²) in [6, 6.07) is 5.89. The van der Waals surface area contributed by atoms with E-state index in [1.54, 1.807) is 0 Å². The molecule has 2 N–H and O–H groups in total. The van der Waals surface area contributed by atoms with Gasteiger partial charge in [-0.3, -0.25) is 4.79 Å². The molecule has 1 aromatic carbocycles. The van der Waals surface area contributed by atoms with Crippen LogP contribution in [0.4, 0.5) is 10.3 Å². The Morgan fingerprint density at radius 1 is 1.32 bits per heavy atom. The number of halogens is 1. The van der Waals surface area contributed by atoms with Crippen LogP contribution in [0.25, 0.3) is 0 Å². The zero-order valence-electron chi connectivity index (χ0n) is 20.4. The SMILES string of the molecule is Cc1cc(OCCCC2CCN(c3noc(C(C)(C)F)n3)CC2)ccc1C(=O)NC1CCNC1. The van der Waals surface area contributed by atoms with E-state index in [0.29, 0.717) is 24.0 Å². The fourth-order valence-corrected chi connectivity index (χ4v) is 4.59. The number of ether oxygens (including phenoxy) is 1. The quantitative estimate of drug-likeness (QED) is 0.536. The first-order chi connectivity index (χ1) is 16.3. The second-order valence-electron chi connectivity index (χ2n) is 9.93. The zero-order chi connectivity index (χ0) is 24.1. The van der Waals surface area contributed by atoms with Gasteiger partial charge in [0.05, 0.1) is 6.61 Å². The number of nitrogens with zero attached hydrogens (tertiary/aromatic N) is 3. The summed E-state index contributed by atoms with van der Waals surface area (Å²) in [5, 5.41) is 10.3. The van der Waals surface area contributed by atoms with Crippen molar-refractivity contribution in [1.29, 1.82) is 0 Å². The van der Waals surface area contributed by atoms with Gasteiger partial charge in [-0.05, 0) is 94.3 Å². The van der Waals surface area contributed by atoms with Crippen LogP contribution in [0.2, 0.25) is 0 Å². The molecular formula is C25H36FN5O3. The highest BCUT2D eigenvalue weighted by molar-refractivity contribution is 5.96. The Balaban J connectivity index is 1.16. The van der Waals surface area contributed by atoms with Gasteiger partial charge in [-0.2, -0.15) is 4.98 Å². The Morgan fingerprint density at radius 2 is 2.12 bits per heavy atom. The Labute approximate surface area is 200 Å². The van der Waals surface area contributed by atoms with Gasteiger partial charge in [-0.1, -0.05) is 0 Å². The summed E-state index contributed by atoms with van der Waals surface area (Å²) in [4.78, 5) is 18.8. The molecule has 0 saturated carbocycles. The Morgan fingerprint density at radius 3 is 2.76 bits per heavy atom. The maximum absolute atomic E-state index is 14.0. The third-order valence-corrected chi connectivity index (χ3v) is 6.68. The van der Waals surface area contributed by atoms with Crippen LogP contribution < -0.4 is 20.3 Å². The van der Waals surface area contributed by atoms with Crippen molar-refractivity contribution in [2.24, 2.45) is 5.92 Å². The summed E-state index contributed by atoms with van der Waals surface area (Å²) in [5.41, 5.74) is 0.00563. The van der Waals surface area contributed by atoms with Crippen LogP contribution in [0.1, 0.15) is 67.8 Å². The summed E-state index contributed by atoms with van der Waals surface area (Å²) in [5.74, 6) is 1.91. The van der Waals surface area contributed by atoms with Crippen LogP contribution in [0.15, 0.2) is 22.7 Å². The number of hydrogen-bond acceptors (Lipinski definition) is 7. The number of piperidine rings is 1. The first-order valence-corrected chi connectivity index (χ1v) is 12.3. The molecule has 0 aliphatic carbocycles. The fraction of sp³-hybridized carbons (Fsp3) is 0.640. The number of anilines is 1. The van der Waals surface area contributed by atoms with Gasteiger partial charge in [0.15, 0.2) is 5.67 Å². The van der Waals surface area contributed by atoms with Crippen molar-refractivity contribution in [3.05, 3.63) is 35.2 Å². The van der Waals surface area contributed by atoms with Gasteiger partial charge >= 0.3 is 0 Å². The summed E-state index contributed by atoms with van der Waals surface area (Å²) in [6.07, 6.45) is 5.13. The minimum absolute atomic E-state index is 0.0189. The van der Waals surface area contributed by atoms with E-state index in [9.17, 15) is 9.18 Å². The number of benzene rings is 1. The predicted octanol–water partition coefficient (Wildman–Crippen LogP) is 3.75. The van der Waals surface area contributed by atoms with Crippen molar-refractivity contribution in [1.82, 2.24) is 20.8 Å². The molecule has 0 radical (unpaired) electrons. The van der Waals surface area contributed by atoms with Crippen molar-refractivity contribution in [3.63, 3.8) is 0 Å². The molecule has 0 spiro atoms. The largest absolute Gasteiger partial charge is 0.494 e. The number of nitrogens with one attached hydrogen (secondary N) is 2. The van der Waals surface area contributed by atoms with Crippen LogP contribution in [0.3, 0.4) is 0 Å². The van der Waals surface area contributed by atoms with E-state index in [0.717, 1.165) is 69.6 Å². The van der Waals surface area contributed by atoms with E-state index in [4.69, 9.17) is 9.26 Å². The van der Waals surface area contributed by atoms with Crippen molar-refractivity contribution in [2.75, 3.05) is 37.7 Å². The highest BCUT2D eigenvalue weighted by atomic mass is 19.1. The van der Waals surface area contributed by atoms with Crippen LogP contribution in [0, 0.1) is 12.8 Å². The fourth-order valence-electron chi connectivity index (χ4n) is 4.59. The molecule has 1 unspecified atom stereocenters. The number of carbonyl (C=O) groups is 1. The molecule has 1 atom stereocenters. The monoisotopic (exact) mass is 473 g/mol. The number of hydrogen-bond donors (Lipinski definition) is 2. The number of rotatable bonds is 9.